The second-order valence-corrected chi connectivity index (χ2v) is 6.61. The van der Waals surface area contributed by atoms with Crippen LogP contribution in [0.25, 0.3) is 0 Å². The highest BCUT2D eigenvalue weighted by atomic mass is 16.2. The molecule has 3 amide bonds. The van der Waals surface area contributed by atoms with E-state index in [1.165, 1.54) is 6.92 Å². The molecule has 3 aromatic rings. The molecular formula is C23H21N3O3. The molecule has 0 heterocycles. The van der Waals surface area contributed by atoms with Gasteiger partial charge in [-0.2, -0.15) is 0 Å². The Balaban J connectivity index is 1.68. The standard InChI is InChI=1S/C23H21N3O3/c1-15-6-8-20(9-7-15)25-22(28)17-4-3-5-18(14-17)23(29)26-21-12-10-19(11-13-21)24-16(2)27/h3-14H,1-2H3,(H,24,27)(H,25,28)(H,26,29). The van der Waals surface area contributed by atoms with Crippen molar-refractivity contribution in [2.45, 2.75) is 13.8 Å². The molecule has 0 spiro atoms. The highest BCUT2D eigenvalue weighted by Crippen LogP contribution is 2.16. The van der Waals surface area contributed by atoms with Gasteiger partial charge < -0.3 is 16.0 Å². The Labute approximate surface area is 169 Å². The average molecular weight is 387 g/mol. The Hall–Kier alpha value is -3.93. The van der Waals surface area contributed by atoms with E-state index in [9.17, 15) is 14.4 Å². The summed E-state index contributed by atoms with van der Waals surface area (Å²) < 4.78 is 0. The largest absolute Gasteiger partial charge is 0.326 e. The zero-order valence-electron chi connectivity index (χ0n) is 16.2. The van der Waals surface area contributed by atoms with Gasteiger partial charge >= 0.3 is 0 Å². The molecule has 6 nitrogen and oxygen atoms in total. The predicted octanol–water partition coefficient (Wildman–Crippen LogP) is 4.46. The Morgan fingerprint density at radius 3 is 1.48 bits per heavy atom. The van der Waals surface area contributed by atoms with Crippen LogP contribution in [-0.4, -0.2) is 17.7 Å². The summed E-state index contributed by atoms with van der Waals surface area (Å²) in [5.74, 6) is -0.784. The summed E-state index contributed by atoms with van der Waals surface area (Å²) in [7, 11) is 0. The van der Waals surface area contributed by atoms with Crippen LogP contribution in [0.1, 0.15) is 33.2 Å². The fourth-order valence-electron chi connectivity index (χ4n) is 2.69. The number of rotatable bonds is 5. The van der Waals surface area contributed by atoms with Crippen molar-refractivity contribution in [3.05, 3.63) is 89.5 Å². The first-order chi connectivity index (χ1) is 13.9. The average Bonchev–Trinajstić information content (AvgIpc) is 2.71. The monoisotopic (exact) mass is 387 g/mol. The number of hydrogen-bond acceptors (Lipinski definition) is 3. The maximum absolute atomic E-state index is 12.5. The van der Waals surface area contributed by atoms with Gasteiger partial charge in [0.25, 0.3) is 11.8 Å². The van der Waals surface area contributed by atoms with Crippen molar-refractivity contribution < 1.29 is 14.4 Å². The molecule has 0 saturated heterocycles. The lowest BCUT2D eigenvalue weighted by Crippen LogP contribution is -2.15. The molecule has 3 aromatic carbocycles. The molecule has 0 radical (unpaired) electrons. The van der Waals surface area contributed by atoms with E-state index in [2.05, 4.69) is 16.0 Å². The fraction of sp³-hybridized carbons (Fsp3) is 0.0870. The third-order valence-corrected chi connectivity index (χ3v) is 4.16. The first kappa shape index (κ1) is 19.8. The Morgan fingerprint density at radius 1 is 0.621 bits per heavy atom. The van der Waals surface area contributed by atoms with Gasteiger partial charge in [0.1, 0.15) is 0 Å². The highest BCUT2D eigenvalue weighted by Gasteiger charge is 2.11. The normalized spacial score (nSPS) is 10.1. The first-order valence-electron chi connectivity index (χ1n) is 9.08. The van der Waals surface area contributed by atoms with Crippen molar-refractivity contribution >= 4 is 34.8 Å². The number of carbonyl (C=O) groups is 3. The maximum Gasteiger partial charge on any atom is 0.255 e. The molecule has 0 aliphatic carbocycles. The quantitative estimate of drug-likeness (QED) is 0.604. The van der Waals surface area contributed by atoms with Gasteiger partial charge in [0.2, 0.25) is 5.91 Å². The Kier molecular flexibility index (Phi) is 6.04. The number of nitrogens with one attached hydrogen (secondary N) is 3. The summed E-state index contributed by atoms with van der Waals surface area (Å²) in [4.78, 5) is 36.1. The number of aryl methyl sites for hydroxylation is 1. The first-order valence-corrected chi connectivity index (χ1v) is 9.08. The highest BCUT2D eigenvalue weighted by molar-refractivity contribution is 6.08. The lowest BCUT2D eigenvalue weighted by Gasteiger charge is -2.09. The molecule has 146 valence electrons. The van der Waals surface area contributed by atoms with Crippen LogP contribution in [0.4, 0.5) is 17.1 Å². The van der Waals surface area contributed by atoms with Crippen LogP contribution in [-0.2, 0) is 4.79 Å². The van der Waals surface area contributed by atoms with Crippen molar-refractivity contribution in [1.82, 2.24) is 0 Å². The minimum atomic E-state index is -0.331. The van der Waals surface area contributed by atoms with Gasteiger partial charge in [-0.05, 0) is 61.5 Å². The second-order valence-electron chi connectivity index (χ2n) is 6.61. The van der Waals surface area contributed by atoms with Crippen LogP contribution < -0.4 is 16.0 Å². The topological polar surface area (TPSA) is 87.3 Å². The van der Waals surface area contributed by atoms with Gasteiger partial charge in [0, 0.05) is 35.1 Å². The lowest BCUT2D eigenvalue weighted by molar-refractivity contribution is -0.114. The third kappa shape index (κ3) is 5.52. The Morgan fingerprint density at radius 2 is 1.03 bits per heavy atom. The van der Waals surface area contributed by atoms with Crippen molar-refractivity contribution in [3.63, 3.8) is 0 Å². The van der Waals surface area contributed by atoms with E-state index in [1.807, 2.05) is 31.2 Å². The van der Waals surface area contributed by atoms with Crippen molar-refractivity contribution in [2.75, 3.05) is 16.0 Å². The summed E-state index contributed by atoms with van der Waals surface area (Å²) >= 11 is 0. The molecule has 3 N–H and O–H groups in total. The number of anilines is 3. The zero-order valence-corrected chi connectivity index (χ0v) is 16.2. The van der Waals surface area contributed by atoms with E-state index in [0.29, 0.717) is 28.2 Å². The molecule has 0 fully saturated rings. The molecule has 29 heavy (non-hydrogen) atoms. The summed E-state index contributed by atoms with van der Waals surface area (Å²) in [6.07, 6.45) is 0. The summed E-state index contributed by atoms with van der Waals surface area (Å²) in [6.45, 7) is 3.40. The maximum atomic E-state index is 12.5. The number of benzene rings is 3. The van der Waals surface area contributed by atoms with Crippen LogP contribution in [0.15, 0.2) is 72.8 Å². The van der Waals surface area contributed by atoms with Crippen molar-refractivity contribution in [2.24, 2.45) is 0 Å². The molecule has 0 aliphatic heterocycles. The molecule has 3 rings (SSSR count). The SMILES string of the molecule is CC(=O)Nc1ccc(NC(=O)c2cccc(C(=O)Nc3ccc(C)cc3)c2)cc1. The van der Waals surface area contributed by atoms with Crippen LogP contribution >= 0.6 is 0 Å². The molecular weight excluding hydrogens is 366 g/mol. The van der Waals surface area contributed by atoms with Gasteiger partial charge in [-0.1, -0.05) is 23.8 Å². The molecule has 6 heteroatoms. The summed E-state index contributed by atoms with van der Waals surface area (Å²) in [5, 5.41) is 8.26. The van der Waals surface area contributed by atoms with Crippen LogP contribution in [0.5, 0.6) is 0 Å². The third-order valence-electron chi connectivity index (χ3n) is 4.16. The van der Waals surface area contributed by atoms with Crippen LogP contribution in [0.2, 0.25) is 0 Å². The molecule has 0 aromatic heterocycles. The predicted molar refractivity (Wildman–Crippen MR) is 114 cm³/mol. The van der Waals surface area contributed by atoms with Gasteiger partial charge in [-0.25, -0.2) is 0 Å². The van der Waals surface area contributed by atoms with Crippen molar-refractivity contribution in [3.8, 4) is 0 Å². The van der Waals surface area contributed by atoms with E-state index in [-0.39, 0.29) is 17.7 Å². The molecule has 0 unspecified atom stereocenters. The smallest absolute Gasteiger partial charge is 0.255 e. The molecule has 0 bridgehead atoms. The molecule has 0 saturated carbocycles. The summed E-state index contributed by atoms with van der Waals surface area (Å²) in [6, 6.07) is 20.8. The van der Waals surface area contributed by atoms with E-state index >= 15 is 0 Å². The minimum absolute atomic E-state index is 0.164. The summed E-state index contributed by atoms with van der Waals surface area (Å²) in [5.41, 5.74) is 3.78. The zero-order chi connectivity index (χ0) is 20.8. The van der Waals surface area contributed by atoms with Crippen LogP contribution in [0.3, 0.4) is 0 Å². The molecule has 0 atom stereocenters. The fourth-order valence-corrected chi connectivity index (χ4v) is 2.69. The van der Waals surface area contributed by atoms with E-state index in [1.54, 1.807) is 48.5 Å². The second kappa shape index (κ2) is 8.84. The van der Waals surface area contributed by atoms with Gasteiger partial charge in [-0.3, -0.25) is 14.4 Å². The van der Waals surface area contributed by atoms with E-state index in [0.717, 1.165) is 5.56 Å². The number of hydrogen-bond donors (Lipinski definition) is 3. The van der Waals surface area contributed by atoms with Gasteiger partial charge in [-0.15, -0.1) is 0 Å². The van der Waals surface area contributed by atoms with Crippen molar-refractivity contribution in [1.29, 1.82) is 0 Å². The van der Waals surface area contributed by atoms with Gasteiger partial charge in [0.05, 0.1) is 0 Å². The number of amides is 3. The van der Waals surface area contributed by atoms with E-state index in [4.69, 9.17) is 0 Å². The number of carbonyl (C=O) groups excluding carboxylic acids is 3. The molecule has 0 aliphatic rings. The van der Waals surface area contributed by atoms with Crippen LogP contribution in [0, 0.1) is 6.92 Å². The lowest BCUT2D eigenvalue weighted by atomic mass is 10.1. The van der Waals surface area contributed by atoms with Gasteiger partial charge in [0.15, 0.2) is 0 Å². The van der Waals surface area contributed by atoms with E-state index < -0.39 is 0 Å². The Bertz CT molecular complexity index is 1040. The minimum Gasteiger partial charge on any atom is -0.326 e.